The number of nitrogens with zero attached hydrogens (tertiary/aromatic N) is 2. The molecule has 168 valence electrons. The van der Waals surface area contributed by atoms with Gasteiger partial charge in [0.2, 0.25) is 0 Å². The lowest BCUT2D eigenvalue weighted by Gasteiger charge is -2.19. The zero-order valence-electron chi connectivity index (χ0n) is 18.9. The second-order valence-corrected chi connectivity index (χ2v) is 8.04. The average Bonchev–Trinajstić information content (AvgIpc) is 2.54. The van der Waals surface area contributed by atoms with Crippen LogP contribution in [0.5, 0.6) is 0 Å². The van der Waals surface area contributed by atoms with Crippen molar-refractivity contribution in [3.63, 3.8) is 0 Å². The van der Waals surface area contributed by atoms with Crippen LogP contribution in [0.2, 0.25) is 0 Å². The van der Waals surface area contributed by atoms with E-state index >= 15 is 0 Å². The van der Waals surface area contributed by atoms with E-state index in [0.29, 0.717) is 13.1 Å². The Morgan fingerprint density at radius 2 is 1.54 bits per heavy atom. The van der Waals surface area contributed by atoms with Gasteiger partial charge < -0.3 is 25.6 Å². The molecule has 28 heavy (non-hydrogen) atoms. The van der Waals surface area contributed by atoms with Crippen LogP contribution in [0.15, 0.2) is 4.99 Å². The number of carbonyl (C=O) groups is 1. The topological polar surface area (TPSA) is 78.0 Å². The number of hydrogen-bond acceptors (Lipinski definition) is 4. The molecule has 0 heterocycles. The smallest absolute Gasteiger partial charge is 0.407 e. The number of nitrogens with one attached hydrogen (secondary N) is 3. The second-order valence-electron chi connectivity index (χ2n) is 8.04. The first-order chi connectivity index (χ1) is 12.7. The summed E-state index contributed by atoms with van der Waals surface area (Å²) in [6.07, 6.45) is 6.69. The molecule has 0 bridgehead atoms. The highest BCUT2D eigenvalue weighted by atomic mass is 127. The largest absolute Gasteiger partial charge is 0.444 e. The molecule has 0 aliphatic carbocycles. The van der Waals surface area contributed by atoms with E-state index in [-0.39, 0.29) is 30.1 Å². The van der Waals surface area contributed by atoms with Crippen LogP contribution in [0.1, 0.15) is 66.2 Å². The van der Waals surface area contributed by atoms with Gasteiger partial charge >= 0.3 is 6.09 Å². The predicted molar refractivity (Wildman–Crippen MR) is 130 cm³/mol. The maximum atomic E-state index is 11.6. The molecule has 0 aromatic carbocycles. The number of halogens is 1. The fourth-order valence-electron chi connectivity index (χ4n) is 2.41. The van der Waals surface area contributed by atoms with Gasteiger partial charge in [0.05, 0.1) is 0 Å². The first kappa shape index (κ1) is 29.4. The van der Waals surface area contributed by atoms with E-state index in [1.54, 1.807) is 0 Å². The van der Waals surface area contributed by atoms with Gasteiger partial charge in [0.25, 0.3) is 0 Å². The third-order valence-electron chi connectivity index (χ3n) is 3.69. The van der Waals surface area contributed by atoms with E-state index < -0.39 is 5.60 Å². The Morgan fingerprint density at radius 1 is 0.929 bits per heavy atom. The van der Waals surface area contributed by atoms with Crippen LogP contribution in [0, 0.1) is 0 Å². The van der Waals surface area contributed by atoms with Crippen molar-refractivity contribution in [3.05, 3.63) is 0 Å². The van der Waals surface area contributed by atoms with Gasteiger partial charge in [-0.2, -0.15) is 0 Å². The molecule has 0 aromatic rings. The van der Waals surface area contributed by atoms with Crippen LogP contribution in [-0.2, 0) is 4.74 Å². The van der Waals surface area contributed by atoms with E-state index in [2.05, 4.69) is 46.9 Å². The second kappa shape index (κ2) is 18.3. The summed E-state index contributed by atoms with van der Waals surface area (Å²) < 4.78 is 5.20. The number of rotatable bonds is 13. The number of alkyl carbamates (subject to hydrolysis) is 1. The van der Waals surface area contributed by atoms with Crippen molar-refractivity contribution in [2.45, 2.75) is 71.8 Å². The zero-order valence-corrected chi connectivity index (χ0v) is 21.2. The zero-order chi connectivity index (χ0) is 20.5. The number of guanidine groups is 1. The molecular formula is C20H44IN5O2. The molecule has 0 radical (unpaired) electrons. The summed E-state index contributed by atoms with van der Waals surface area (Å²) in [5.41, 5.74) is -0.462. The van der Waals surface area contributed by atoms with Crippen molar-refractivity contribution in [2.75, 3.05) is 46.8 Å². The molecule has 3 N–H and O–H groups in total. The molecule has 0 aliphatic heterocycles. The molecule has 0 saturated carbocycles. The molecule has 0 spiro atoms. The number of aliphatic imine (C=N–C) groups is 1. The van der Waals surface area contributed by atoms with Crippen molar-refractivity contribution in [1.29, 1.82) is 0 Å². The highest BCUT2D eigenvalue weighted by molar-refractivity contribution is 14.0. The minimum absolute atomic E-state index is 0. The number of unbranched alkanes of at least 4 members (excludes halogenated alkanes) is 4. The Balaban J connectivity index is 0. The number of carbonyl (C=O) groups excluding carboxylic acids is 1. The molecule has 0 atom stereocenters. The molecule has 1 amide bonds. The van der Waals surface area contributed by atoms with Gasteiger partial charge in [-0.25, -0.2) is 4.79 Å². The van der Waals surface area contributed by atoms with Gasteiger partial charge in [-0.3, -0.25) is 4.99 Å². The summed E-state index contributed by atoms with van der Waals surface area (Å²) >= 11 is 0. The molecular weight excluding hydrogens is 469 g/mol. The lowest BCUT2D eigenvalue weighted by molar-refractivity contribution is 0.0527. The Bertz CT molecular complexity index is 412. The number of ether oxygens (including phenoxy) is 1. The van der Waals surface area contributed by atoms with E-state index in [1.165, 1.54) is 32.2 Å². The van der Waals surface area contributed by atoms with Crippen LogP contribution >= 0.6 is 24.0 Å². The Labute approximate surface area is 189 Å². The Kier molecular flexibility index (Phi) is 19.2. The highest BCUT2D eigenvalue weighted by Crippen LogP contribution is 2.06. The molecule has 0 unspecified atom stereocenters. The van der Waals surface area contributed by atoms with Crippen LogP contribution in [0.4, 0.5) is 4.79 Å². The molecule has 0 rings (SSSR count). The minimum Gasteiger partial charge on any atom is -0.444 e. The average molecular weight is 514 g/mol. The monoisotopic (exact) mass is 513 g/mol. The molecule has 0 aromatic heterocycles. The van der Waals surface area contributed by atoms with Crippen molar-refractivity contribution in [1.82, 2.24) is 20.9 Å². The third kappa shape index (κ3) is 21.5. The van der Waals surface area contributed by atoms with Crippen molar-refractivity contribution in [2.24, 2.45) is 4.99 Å². The summed E-state index contributed by atoms with van der Waals surface area (Å²) in [6.45, 7) is 11.8. The number of amides is 1. The van der Waals surface area contributed by atoms with Gasteiger partial charge in [0, 0.05) is 26.2 Å². The van der Waals surface area contributed by atoms with Gasteiger partial charge in [-0.05, 0) is 67.6 Å². The molecule has 8 heteroatoms. The van der Waals surface area contributed by atoms with Gasteiger partial charge in [-0.15, -0.1) is 24.0 Å². The molecule has 0 aliphatic rings. The van der Waals surface area contributed by atoms with E-state index in [4.69, 9.17) is 4.74 Å². The molecule has 7 nitrogen and oxygen atoms in total. The SMILES string of the molecule is CCNC(=NCCCNC(=O)OC(C)(C)C)NCCCCCCCN(C)C.I. The third-order valence-corrected chi connectivity index (χ3v) is 3.69. The van der Waals surface area contributed by atoms with Crippen LogP contribution in [0.25, 0.3) is 0 Å². The van der Waals surface area contributed by atoms with E-state index in [0.717, 1.165) is 31.9 Å². The van der Waals surface area contributed by atoms with E-state index in [9.17, 15) is 4.79 Å². The highest BCUT2D eigenvalue weighted by Gasteiger charge is 2.15. The van der Waals surface area contributed by atoms with Crippen LogP contribution in [0.3, 0.4) is 0 Å². The van der Waals surface area contributed by atoms with Crippen molar-refractivity contribution in [3.8, 4) is 0 Å². The summed E-state index contributed by atoms with van der Waals surface area (Å²) in [5.74, 6) is 0.849. The van der Waals surface area contributed by atoms with Gasteiger partial charge in [0.1, 0.15) is 5.60 Å². The Morgan fingerprint density at radius 3 is 2.14 bits per heavy atom. The lowest BCUT2D eigenvalue weighted by Crippen LogP contribution is -2.38. The Hall–Kier alpha value is -0.770. The van der Waals surface area contributed by atoms with Gasteiger partial charge in [-0.1, -0.05) is 19.3 Å². The summed E-state index contributed by atoms with van der Waals surface area (Å²) in [7, 11) is 4.25. The normalized spacial score (nSPS) is 11.8. The van der Waals surface area contributed by atoms with E-state index in [1.807, 2.05) is 20.8 Å². The van der Waals surface area contributed by atoms with Crippen molar-refractivity contribution >= 4 is 36.0 Å². The predicted octanol–water partition coefficient (Wildman–Crippen LogP) is 3.59. The molecule has 0 fully saturated rings. The summed E-state index contributed by atoms with van der Waals surface area (Å²) in [6, 6.07) is 0. The summed E-state index contributed by atoms with van der Waals surface area (Å²) in [4.78, 5) is 18.4. The first-order valence-corrected chi connectivity index (χ1v) is 10.4. The maximum Gasteiger partial charge on any atom is 0.407 e. The number of hydrogen-bond donors (Lipinski definition) is 3. The summed E-state index contributed by atoms with van der Waals surface area (Å²) in [5, 5.41) is 9.39. The fraction of sp³-hybridized carbons (Fsp3) is 0.900. The van der Waals surface area contributed by atoms with Crippen LogP contribution < -0.4 is 16.0 Å². The fourth-order valence-corrected chi connectivity index (χ4v) is 2.41. The van der Waals surface area contributed by atoms with Crippen LogP contribution in [-0.4, -0.2) is 69.4 Å². The van der Waals surface area contributed by atoms with Crippen molar-refractivity contribution < 1.29 is 9.53 Å². The minimum atomic E-state index is -0.462. The molecule has 0 saturated heterocycles. The first-order valence-electron chi connectivity index (χ1n) is 10.4. The maximum absolute atomic E-state index is 11.6. The quantitative estimate of drug-likeness (QED) is 0.152. The lowest BCUT2D eigenvalue weighted by atomic mass is 10.1. The van der Waals surface area contributed by atoms with Gasteiger partial charge in [0.15, 0.2) is 5.96 Å². The standard InChI is InChI=1S/C20H43N5O2.HI/c1-7-21-18(22-14-11-9-8-10-12-17-25(5)6)23-15-13-16-24-19(26)27-20(2,3)4;/h7-17H2,1-6H3,(H,24,26)(H2,21,22,23);1H.